The van der Waals surface area contributed by atoms with Crippen LogP contribution in [0.4, 0.5) is 0 Å². The zero-order valence-electron chi connectivity index (χ0n) is 12.5. The SMILES string of the molecule is CCCCCCCCCC(=O)N1C[C@@H]2CCN[C@@H]2C1. The van der Waals surface area contributed by atoms with Crippen molar-refractivity contribution in [1.82, 2.24) is 10.2 Å². The number of hydrogen-bond donors (Lipinski definition) is 1. The molecule has 2 aliphatic rings. The number of fused-ring (bicyclic) bond motifs is 1. The summed E-state index contributed by atoms with van der Waals surface area (Å²) in [6.07, 6.45) is 11.0. The van der Waals surface area contributed by atoms with Gasteiger partial charge in [-0.15, -0.1) is 0 Å². The zero-order valence-corrected chi connectivity index (χ0v) is 12.5. The average Bonchev–Trinajstić information content (AvgIpc) is 2.98. The van der Waals surface area contributed by atoms with Crippen LogP contribution in [0.25, 0.3) is 0 Å². The molecule has 2 heterocycles. The number of unbranched alkanes of at least 4 members (excludes halogenated alkanes) is 6. The standard InChI is InChI=1S/C16H30N2O/c1-2-3-4-5-6-7-8-9-16(19)18-12-14-10-11-17-15(14)13-18/h14-15,17H,2-13H2,1H3/t14-,15+/m0/s1. The zero-order chi connectivity index (χ0) is 13.5. The molecule has 19 heavy (non-hydrogen) atoms. The summed E-state index contributed by atoms with van der Waals surface area (Å²) in [5.41, 5.74) is 0. The molecular formula is C16H30N2O. The van der Waals surface area contributed by atoms with E-state index in [0.717, 1.165) is 38.4 Å². The van der Waals surface area contributed by atoms with E-state index in [2.05, 4.69) is 17.1 Å². The normalized spacial score (nSPS) is 25.8. The Kier molecular flexibility index (Phi) is 6.15. The summed E-state index contributed by atoms with van der Waals surface area (Å²) in [4.78, 5) is 14.2. The summed E-state index contributed by atoms with van der Waals surface area (Å²) in [5, 5.41) is 3.51. The molecule has 2 aliphatic heterocycles. The Morgan fingerprint density at radius 3 is 2.58 bits per heavy atom. The van der Waals surface area contributed by atoms with E-state index in [1.165, 1.54) is 44.9 Å². The van der Waals surface area contributed by atoms with E-state index >= 15 is 0 Å². The van der Waals surface area contributed by atoms with E-state index in [0.29, 0.717) is 11.9 Å². The number of nitrogens with one attached hydrogen (secondary N) is 1. The topological polar surface area (TPSA) is 32.3 Å². The minimum atomic E-state index is 0.393. The predicted molar refractivity (Wildman–Crippen MR) is 79.1 cm³/mol. The molecule has 1 N–H and O–H groups in total. The highest BCUT2D eigenvalue weighted by atomic mass is 16.2. The molecule has 0 saturated carbocycles. The van der Waals surface area contributed by atoms with Gasteiger partial charge in [0.1, 0.15) is 0 Å². The summed E-state index contributed by atoms with van der Waals surface area (Å²) >= 11 is 0. The second kappa shape index (κ2) is 7.88. The summed E-state index contributed by atoms with van der Waals surface area (Å²) in [6, 6.07) is 0.595. The summed E-state index contributed by atoms with van der Waals surface area (Å²) < 4.78 is 0. The number of amides is 1. The number of nitrogens with zero attached hydrogens (tertiary/aromatic N) is 1. The highest BCUT2D eigenvalue weighted by molar-refractivity contribution is 5.76. The first kappa shape index (κ1) is 14.8. The average molecular weight is 266 g/mol. The predicted octanol–water partition coefficient (Wildman–Crippen LogP) is 2.95. The molecule has 0 aliphatic carbocycles. The Balaban J connectivity index is 1.51. The Labute approximate surface area is 118 Å². The summed E-state index contributed by atoms with van der Waals surface area (Å²) in [7, 11) is 0. The van der Waals surface area contributed by atoms with Gasteiger partial charge in [0.25, 0.3) is 0 Å². The highest BCUT2D eigenvalue weighted by Gasteiger charge is 2.37. The van der Waals surface area contributed by atoms with Gasteiger partial charge in [-0.2, -0.15) is 0 Å². The third-order valence-electron chi connectivity index (χ3n) is 4.71. The van der Waals surface area contributed by atoms with Crippen molar-refractivity contribution in [2.75, 3.05) is 19.6 Å². The molecule has 1 amide bonds. The summed E-state index contributed by atoms with van der Waals surface area (Å²) in [5.74, 6) is 1.13. The second-order valence-electron chi connectivity index (χ2n) is 6.28. The first-order valence-electron chi connectivity index (χ1n) is 8.32. The second-order valence-corrected chi connectivity index (χ2v) is 6.28. The smallest absolute Gasteiger partial charge is 0.222 e. The van der Waals surface area contributed by atoms with Crippen LogP contribution in [-0.4, -0.2) is 36.5 Å². The molecule has 0 aromatic heterocycles. The lowest BCUT2D eigenvalue weighted by Gasteiger charge is -2.17. The van der Waals surface area contributed by atoms with Gasteiger partial charge in [0.15, 0.2) is 0 Å². The maximum absolute atomic E-state index is 12.1. The van der Waals surface area contributed by atoms with Gasteiger partial charge >= 0.3 is 0 Å². The van der Waals surface area contributed by atoms with Crippen molar-refractivity contribution >= 4 is 5.91 Å². The maximum Gasteiger partial charge on any atom is 0.222 e. The Morgan fingerprint density at radius 2 is 1.84 bits per heavy atom. The Morgan fingerprint density at radius 1 is 1.11 bits per heavy atom. The molecule has 3 heteroatoms. The molecule has 2 atom stereocenters. The van der Waals surface area contributed by atoms with Crippen LogP contribution < -0.4 is 5.32 Å². The minimum absolute atomic E-state index is 0.393. The van der Waals surface area contributed by atoms with Crippen molar-refractivity contribution in [2.24, 2.45) is 5.92 Å². The van der Waals surface area contributed by atoms with E-state index < -0.39 is 0 Å². The molecule has 0 bridgehead atoms. The van der Waals surface area contributed by atoms with Gasteiger partial charge in [0.2, 0.25) is 5.91 Å². The Hall–Kier alpha value is -0.570. The number of carbonyl (C=O) groups excluding carboxylic acids is 1. The van der Waals surface area contributed by atoms with E-state index in [1.807, 2.05) is 0 Å². The summed E-state index contributed by atoms with van der Waals surface area (Å²) in [6.45, 7) is 5.36. The third-order valence-corrected chi connectivity index (χ3v) is 4.71. The van der Waals surface area contributed by atoms with Crippen LogP contribution in [0.5, 0.6) is 0 Å². The number of hydrogen-bond acceptors (Lipinski definition) is 2. The first-order chi connectivity index (χ1) is 9.31. The highest BCUT2D eigenvalue weighted by Crippen LogP contribution is 2.25. The van der Waals surface area contributed by atoms with Crippen LogP contribution in [0, 0.1) is 5.92 Å². The van der Waals surface area contributed by atoms with E-state index in [9.17, 15) is 4.79 Å². The van der Waals surface area contributed by atoms with Crippen molar-refractivity contribution in [3.05, 3.63) is 0 Å². The third kappa shape index (κ3) is 4.48. The van der Waals surface area contributed by atoms with Crippen LogP contribution in [0.2, 0.25) is 0 Å². The van der Waals surface area contributed by atoms with Crippen LogP contribution >= 0.6 is 0 Å². The monoisotopic (exact) mass is 266 g/mol. The van der Waals surface area contributed by atoms with E-state index in [-0.39, 0.29) is 0 Å². The van der Waals surface area contributed by atoms with Gasteiger partial charge in [-0.25, -0.2) is 0 Å². The van der Waals surface area contributed by atoms with Crippen molar-refractivity contribution in [2.45, 2.75) is 70.8 Å². The minimum Gasteiger partial charge on any atom is -0.341 e. The van der Waals surface area contributed by atoms with E-state index in [4.69, 9.17) is 0 Å². The quantitative estimate of drug-likeness (QED) is 0.685. The molecule has 2 saturated heterocycles. The van der Waals surface area contributed by atoms with Gasteiger partial charge in [-0.1, -0.05) is 45.4 Å². The number of carbonyl (C=O) groups is 1. The maximum atomic E-state index is 12.1. The molecule has 0 unspecified atom stereocenters. The van der Waals surface area contributed by atoms with Crippen molar-refractivity contribution < 1.29 is 4.79 Å². The number of likely N-dealkylation sites (tertiary alicyclic amines) is 1. The molecule has 2 rings (SSSR count). The van der Waals surface area contributed by atoms with Crippen LogP contribution in [0.1, 0.15) is 64.7 Å². The van der Waals surface area contributed by atoms with Gasteiger partial charge in [0, 0.05) is 25.6 Å². The van der Waals surface area contributed by atoms with Crippen LogP contribution in [-0.2, 0) is 4.79 Å². The molecular weight excluding hydrogens is 236 g/mol. The number of rotatable bonds is 8. The van der Waals surface area contributed by atoms with Gasteiger partial charge < -0.3 is 10.2 Å². The fraction of sp³-hybridized carbons (Fsp3) is 0.938. The van der Waals surface area contributed by atoms with Gasteiger partial charge in [-0.3, -0.25) is 4.79 Å². The molecule has 3 nitrogen and oxygen atoms in total. The molecule has 2 fully saturated rings. The van der Waals surface area contributed by atoms with Crippen LogP contribution in [0.3, 0.4) is 0 Å². The lowest BCUT2D eigenvalue weighted by Crippen LogP contribution is -2.33. The van der Waals surface area contributed by atoms with Crippen molar-refractivity contribution in [3.8, 4) is 0 Å². The lowest BCUT2D eigenvalue weighted by molar-refractivity contribution is -0.130. The molecule has 0 aromatic carbocycles. The first-order valence-corrected chi connectivity index (χ1v) is 8.32. The van der Waals surface area contributed by atoms with Crippen LogP contribution in [0.15, 0.2) is 0 Å². The van der Waals surface area contributed by atoms with Gasteiger partial charge in [-0.05, 0) is 25.3 Å². The molecule has 0 aromatic rings. The fourth-order valence-corrected chi connectivity index (χ4v) is 3.44. The Bertz CT molecular complexity index is 268. The van der Waals surface area contributed by atoms with Gasteiger partial charge in [0.05, 0.1) is 0 Å². The van der Waals surface area contributed by atoms with E-state index in [1.54, 1.807) is 0 Å². The largest absolute Gasteiger partial charge is 0.341 e. The van der Waals surface area contributed by atoms with Crippen molar-refractivity contribution in [1.29, 1.82) is 0 Å². The van der Waals surface area contributed by atoms with Crippen molar-refractivity contribution in [3.63, 3.8) is 0 Å². The molecule has 0 radical (unpaired) electrons. The lowest BCUT2D eigenvalue weighted by atomic mass is 10.1. The molecule has 0 spiro atoms. The molecule has 110 valence electrons. The fourth-order valence-electron chi connectivity index (χ4n) is 3.44.